The Hall–Kier alpha value is -2.41. The summed E-state index contributed by atoms with van der Waals surface area (Å²) in [6.07, 6.45) is 3.70. The van der Waals surface area contributed by atoms with Gasteiger partial charge < -0.3 is 4.57 Å². The molecular formula is C26H16Cl4N2O2S. The number of nitrogens with zero attached hydrogens (tertiary/aromatic N) is 2. The maximum absolute atomic E-state index is 13.2. The van der Waals surface area contributed by atoms with E-state index in [-0.39, 0.29) is 17.7 Å². The van der Waals surface area contributed by atoms with Gasteiger partial charge in [0.2, 0.25) is 0 Å². The maximum atomic E-state index is 13.2. The summed E-state index contributed by atoms with van der Waals surface area (Å²) in [7, 11) is 0. The molecule has 4 aromatic rings. The van der Waals surface area contributed by atoms with Crippen molar-refractivity contribution < 1.29 is 9.59 Å². The van der Waals surface area contributed by atoms with Crippen LogP contribution in [0.3, 0.4) is 0 Å². The van der Waals surface area contributed by atoms with Crippen molar-refractivity contribution in [3.63, 3.8) is 0 Å². The summed E-state index contributed by atoms with van der Waals surface area (Å²) in [5.41, 5.74) is 3.26. The van der Waals surface area contributed by atoms with Gasteiger partial charge in [-0.2, -0.15) is 0 Å². The zero-order valence-electron chi connectivity index (χ0n) is 18.0. The minimum Gasteiger partial charge on any atom is -0.342 e. The zero-order chi connectivity index (χ0) is 24.7. The number of benzene rings is 3. The van der Waals surface area contributed by atoms with Crippen LogP contribution in [0, 0.1) is 0 Å². The summed E-state index contributed by atoms with van der Waals surface area (Å²) >= 11 is 25.8. The molecule has 1 fully saturated rings. The van der Waals surface area contributed by atoms with Gasteiger partial charge in [-0.1, -0.05) is 76.7 Å². The normalized spacial score (nSPS) is 15.1. The summed E-state index contributed by atoms with van der Waals surface area (Å²) in [6.45, 7) is 0.536. The predicted molar refractivity (Wildman–Crippen MR) is 145 cm³/mol. The van der Waals surface area contributed by atoms with Crippen molar-refractivity contribution in [2.45, 2.75) is 13.1 Å². The number of fused-ring (bicyclic) bond motifs is 1. The van der Waals surface area contributed by atoms with Crippen molar-refractivity contribution in [1.29, 1.82) is 0 Å². The molecule has 35 heavy (non-hydrogen) atoms. The summed E-state index contributed by atoms with van der Waals surface area (Å²) in [4.78, 5) is 27.3. The smallest absolute Gasteiger partial charge is 0.293 e. The molecule has 1 aromatic heterocycles. The van der Waals surface area contributed by atoms with Crippen LogP contribution in [-0.2, 0) is 17.9 Å². The fourth-order valence-corrected chi connectivity index (χ4v) is 5.79. The first-order valence-electron chi connectivity index (χ1n) is 10.5. The molecule has 0 spiro atoms. The molecule has 1 aliphatic rings. The third kappa shape index (κ3) is 4.84. The molecule has 2 amide bonds. The molecule has 4 nitrogen and oxygen atoms in total. The summed E-state index contributed by atoms with van der Waals surface area (Å²) in [5, 5.41) is 2.56. The molecule has 0 unspecified atom stereocenters. The van der Waals surface area contributed by atoms with Gasteiger partial charge in [0.05, 0.1) is 11.4 Å². The second-order valence-corrected chi connectivity index (χ2v) is 10.6. The highest BCUT2D eigenvalue weighted by Crippen LogP contribution is 2.37. The van der Waals surface area contributed by atoms with Gasteiger partial charge >= 0.3 is 0 Å². The van der Waals surface area contributed by atoms with Gasteiger partial charge in [-0.05, 0) is 53.7 Å². The molecule has 3 aromatic carbocycles. The topological polar surface area (TPSA) is 42.3 Å². The maximum Gasteiger partial charge on any atom is 0.293 e. The number of imide groups is 1. The van der Waals surface area contributed by atoms with E-state index in [2.05, 4.69) is 4.57 Å². The lowest BCUT2D eigenvalue weighted by atomic mass is 10.1. The molecule has 0 aliphatic carbocycles. The Morgan fingerprint density at radius 3 is 2.31 bits per heavy atom. The van der Waals surface area contributed by atoms with Crippen molar-refractivity contribution in [2.24, 2.45) is 0 Å². The van der Waals surface area contributed by atoms with E-state index >= 15 is 0 Å². The van der Waals surface area contributed by atoms with E-state index in [9.17, 15) is 9.59 Å². The first-order chi connectivity index (χ1) is 16.8. The lowest BCUT2D eigenvalue weighted by molar-refractivity contribution is -0.123. The van der Waals surface area contributed by atoms with Crippen LogP contribution in [0.15, 0.2) is 71.8 Å². The number of thioether (sulfide) groups is 1. The Bertz CT molecular complexity index is 1510. The van der Waals surface area contributed by atoms with Crippen molar-refractivity contribution in [2.75, 3.05) is 0 Å². The minimum atomic E-state index is -0.381. The summed E-state index contributed by atoms with van der Waals surface area (Å²) < 4.78 is 2.06. The molecule has 1 saturated heterocycles. The third-order valence-corrected chi connectivity index (χ3v) is 7.92. The van der Waals surface area contributed by atoms with Crippen LogP contribution in [0.1, 0.15) is 16.7 Å². The van der Waals surface area contributed by atoms with E-state index < -0.39 is 0 Å². The highest BCUT2D eigenvalue weighted by atomic mass is 35.5. The van der Waals surface area contributed by atoms with Crippen molar-refractivity contribution in [1.82, 2.24) is 9.47 Å². The van der Waals surface area contributed by atoms with Crippen LogP contribution in [-0.4, -0.2) is 20.6 Å². The Morgan fingerprint density at radius 1 is 0.829 bits per heavy atom. The third-order valence-electron chi connectivity index (χ3n) is 5.71. The van der Waals surface area contributed by atoms with Crippen LogP contribution >= 0.6 is 58.2 Å². The van der Waals surface area contributed by atoms with Gasteiger partial charge in [0, 0.05) is 54.9 Å². The molecular weight excluding hydrogens is 546 g/mol. The average Bonchev–Trinajstić information content (AvgIpc) is 3.30. The first kappa shape index (κ1) is 24.3. The number of carbonyl (C=O) groups is 2. The Morgan fingerprint density at radius 2 is 1.57 bits per heavy atom. The first-order valence-corrected chi connectivity index (χ1v) is 12.8. The fourth-order valence-electron chi connectivity index (χ4n) is 3.97. The predicted octanol–water partition coefficient (Wildman–Crippen LogP) is 8.54. The fraction of sp³-hybridized carbons (Fsp3) is 0.0769. The van der Waals surface area contributed by atoms with Gasteiger partial charge in [0.1, 0.15) is 0 Å². The molecule has 0 bridgehead atoms. The number of rotatable bonds is 5. The van der Waals surface area contributed by atoms with Crippen LogP contribution < -0.4 is 0 Å². The van der Waals surface area contributed by atoms with Gasteiger partial charge in [-0.25, -0.2) is 0 Å². The van der Waals surface area contributed by atoms with Crippen LogP contribution in [0.5, 0.6) is 0 Å². The van der Waals surface area contributed by atoms with Crippen molar-refractivity contribution in [3.05, 3.63) is 109 Å². The van der Waals surface area contributed by atoms with E-state index in [1.165, 1.54) is 0 Å². The largest absolute Gasteiger partial charge is 0.342 e. The molecule has 5 rings (SSSR count). The van der Waals surface area contributed by atoms with E-state index in [1.807, 2.05) is 36.5 Å². The molecule has 9 heteroatoms. The van der Waals surface area contributed by atoms with Gasteiger partial charge in [-0.15, -0.1) is 0 Å². The Labute approximate surface area is 226 Å². The molecule has 2 heterocycles. The number of para-hydroxylation sites is 1. The minimum absolute atomic E-state index is 0.0112. The Balaban J connectivity index is 1.48. The van der Waals surface area contributed by atoms with Gasteiger partial charge in [0.15, 0.2) is 0 Å². The quantitative estimate of drug-likeness (QED) is 0.229. The molecule has 0 saturated carbocycles. The van der Waals surface area contributed by atoms with Crippen LogP contribution in [0.4, 0.5) is 4.79 Å². The van der Waals surface area contributed by atoms with Crippen LogP contribution in [0.2, 0.25) is 20.1 Å². The van der Waals surface area contributed by atoms with E-state index in [1.54, 1.807) is 36.4 Å². The molecule has 0 N–H and O–H groups in total. The second-order valence-electron chi connectivity index (χ2n) is 7.93. The standard InChI is InChI=1S/C26H16Cl4N2O2S/c27-17-9-8-15(22(30)11-17)12-31-13-16(18-4-1-2-7-23(18)31)10-24-25(33)32(26(34)35-24)14-19-20(28)5-3-6-21(19)29/h1-11,13H,12,14H2/b24-10-. The monoisotopic (exact) mass is 560 g/mol. The van der Waals surface area contributed by atoms with Gasteiger partial charge in [0.25, 0.3) is 11.1 Å². The Kier molecular flexibility index (Phi) is 6.88. The number of carbonyl (C=O) groups excluding carboxylic acids is 2. The summed E-state index contributed by atoms with van der Waals surface area (Å²) in [5.74, 6) is -0.381. The lowest BCUT2D eigenvalue weighted by Crippen LogP contribution is -2.27. The highest BCUT2D eigenvalue weighted by molar-refractivity contribution is 8.18. The van der Waals surface area contributed by atoms with E-state index in [4.69, 9.17) is 46.4 Å². The number of amides is 2. The molecule has 0 atom stereocenters. The van der Waals surface area contributed by atoms with Crippen molar-refractivity contribution in [3.8, 4) is 0 Å². The SMILES string of the molecule is O=C1S/C(=C\c2cn(Cc3ccc(Cl)cc3Cl)c3ccccc23)C(=O)N1Cc1c(Cl)cccc1Cl. The average molecular weight is 562 g/mol. The number of halogens is 4. The molecule has 176 valence electrons. The van der Waals surface area contributed by atoms with Gasteiger partial charge in [-0.3, -0.25) is 14.5 Å². The highest BCUT2D eigenvalue weighted by Gasteiger charge is 2.36. The molecule has 1 aliphatic heterocycles. The number of aromatic nitrogens is 1. The van der Waals surface area contributed by atoms with Crippen molar-refractivity contribution >= 4 is 86.3 Å². The number of hydrogen-bond donors (Lipinski definition) is 0. The second kappa shape index (κ2) is 9.92. The van der Waals surface area contributed by atoms with Crippen LogP contribution in [0.25, 0.3) is 17.0 Å². The molecule has 0 radical (unpaired) electrons. The van der Waals surface area contributed by atoms with E-state index in [0.29, 0.717) is 37.1 Å². The summed E-state index contributed by atoms with van der Waals surface area (Å²) in [6, 6.07) is 18.4. The van der Waals surface area contributed by atoms with E-state index in [0.717, 1.165) is 38.7 Å². The number of hydrogen-bond acceptors (Lipinski definition) is 3. The lowest BCUT2D eigenvalue weighted by Gasteiger charge is -2.14. The zero-order valence-corrected chi connectivity index (χ0v) is 21.8.